The number of rotatable bonds is 4. The zero-order valence-corrected chi connectivity index (χ0v) is 13.9. The molecule has 22 heavy (non-hydrogen) atoms. The van der Waals surface area contributed by atoms with Crippen LogP contribution in [0.1, 0.15) is 15.2 Å². The van der Waals surface area contributed by atoms with Crippen molar-refractivity contribution < 1.29 is 4.79 Å². The molecule has 0 aliphatic heterocycles. The number of hydrogen-bond acceptors (Lipinski definition) is 4. The summed E-state index contributed by atoms with van der Waals surface area (Å²) in [6.07, 6.45) is 5.28. The van der Waals surface area contributed by atoms with Crippen LogP contribution in [0.4, 0.5) is 0 Å². The maximum absolute atomic E-state index is 12.0. The summed E-state index contributed by atoms with van der Waals surface area (Å²) in [4.78, 5) is 21.1. The van der Waals surface area contributed by atoms with Crippen LogP contribution in [0.2, 0.25) is 0 Å². The zero-order chi connectivity index (χ0) is 15.4. The molecule has 6 heteroatoms. The van der Waals surface area contributed by atoms with E-state index in [-0.39, 0.29) is 5.91 Å². The molecule has 1 N–H and O–H groups in total. The molecule has 0 bridgehead atoms. The van der Waals surface area contributed by atoms with Gasteiger partial charge in [0.15, 0.2) is 0 Å². The highest BCUT2D eigenvalue weighted by molar-refractivity contribution is 9.10. The molecule has 0 atom stereocenters. The summed E-state index contributed by atoms with van der Waals surface area (Å²) in [5, 5.41) is 4.77. The van der Waals surface area contributed by atoms with E-state index in [0.29, 0.717) is 11.4 Å². The number of nitrogens with one attached hydrogen (secondary N) is 1. The Kier molecular flexibility index (Phi) is 4.60. The van der Waals surface area contributed by atoms with Crippen molar-refractivity contribution in [3.8, 4) is 11.3 Å². The van der Waals surface area contributed by atoms with Crippen LogP contribution in [0.3, 0.4) is 0 Å². The molecule has 1 amide bonds. The van der Waals surface area contributed by atoms with Gasteiger partial charge in [-0.15, -0.1) is 11.3 Å². The van der Waals surface area contributed by atoms with Gasteiger partial charge in [0.2, 0.25) is 0 Å². The Bertz CT molecular complexity index is 772. The van der Waals surface area contributed by atoms with E-state index in [1.165, 1.54) is 11.3 Å². The van der Waals surface area contributed by atoms with E-state index < -0.39 is 0 Å². The monoisotopic (exact) mass is 373 g/mol. The minimum absolute atomic E-state index is 0.0768. The van der Waals surface area contributed by atoms with Gasteiger partial charge in [-0.2, -0.15) is 0 Å². The number of carbonyl (C=O) groups excluding carboxylic acids is 1. The highest BCUT2D eigenvalue weighted by atomic mass is 79.9. The lowest BCUT2D eigenvalue weighted by Gasteiger charge is -2.05. The number of thiophene rings is 1. The predicted octanol–water partition coefficient (Wildman–Crippen LogP) is 3.90. The SMILES string of the molecule is O=C(NCc1ccc(-c2cccnc2)nc1)c1cc(Br)cs1. The molecular weight excluding hydrogens is 362 g/mol. The molecule has 4 nitrogen and oxygen atoms in total. The van der Waals surface area contributed by atoms with E-state index in [9.17, 15) is 4.79 Å². The van der Waals surface area contributed by atoms with Crippen molar-refractivity contribution in [1.82, 2.24) is 15.3 Å². The van der Waals surface area contributed by atoms with Crippen LogP contribution in [-0.2, 0) is 6.54 Å². The van der Waals surface area contributed by atoms with Crippen LogP contribution in [0.25, 0.3) is 11.3 Å². The topological polar surface area (TPSA) is 54.9 Å². The lowest BCUT2D eigenvalue weighted by atomic mass is 10.1. The van der Waals surface area contributed by atoms with E-state index in [2.05, 4.69) is 31.2 Å². The van der Waals surface area contributed by atoms with Crippen LogP contribution in [0, 0.1) is 0 Å². The number of hydrogen-bond donors (Lipinski definition) is 1. The predicted molar refractivity (Wildman–Crippen MR) is 90.7 cm³/mol. The molecule has 0 spiro atoms. The number of amides is 1. The van der Waals surface area contributed by atoms with Gasteiger partial charge in [-0.25, -0.2) is 0 Å². The lowest BCUT2D eigenvalue weighted by Crippen LogP contribution is -2.21. The van der Waals surface area contributed by atoms with Crippen molar-refractivity contribution in [2.45, 2.75) is 6.54 Å². The van der Waals surface area contributed by atoms with Gasteiger partial charge in [0.1, 0.15) is 0 Å². The Morgan fingerprint density at radius 1 is 1.27 bits per heavy atom. The number of carbonyl (C=O) groups is 1. The molecule has 0 saturated heterocycles. The number of pyridine rings is 2. The fourth-order valence-electron chi connectivity index (χ4n) is 1.92. The minimum atomic E-state index is -0.0768. The van der Waals surface area contributed by atoms with Crippen molar-refractivity contribution >= 4 is 33.2 Å². The summed E-state index contributed by atoms with van der Waals surface area (Å²) in [5.74, 6) is -0.0768. The molecule has 3 aromatic rings. The zero-order valence-electron chi connectivity index (χ0n) is 11.5. The Labute approximate surface area is 140 Å². The highest BCUT2D eigenvalue weighted by Gasteiger charge is 2.08. The molecule has 0 aliphatic carbocycles. The summed E-state index contributed by atoms with van der Waals surface area (Å²) in [5.41, 5.74) is 2.79. The third kappa shape index (κ3) is 3.58. The smallest absolute Gasteiger partial charge is 0.261 e. The third-order valence-corrected chi connectivity index (χ3v) is 4.72. The van der Waals surface area contributed by atoms with Crippen LogP contribution in [0.5, 0.6) is 0 Å². The summed E-state index contributed by atoms with van der Waals surface area (Å²) >= 11 is 4.75. The Morgan fingerprint density at radius 2 is 2.18 bits per heavy atom. The van der Waals surface area contributed by atoms with Gasteiger partial charge in [-0.1, -0.05) is 6.07 Å². The molecule has 0 aromatic carbocycles. The van der Waals surface area contributed by atoms with Gasteiger partial charge in [-0.05, 0) is 45.8 Å². The Morgan fingerprint density at radius 3 is 2.82 bits per heavy atom. The van der Waals surface area contributed by atoms with Gasteiger partial charge >= 0.3 is 0 Å². The molecule has 0 saturated carbocycles. The molecule has 0 unspecified atom stereocenters. The largest absolute Gasteiger partial charge is 0.347 e. The second-order valence-corrected chi connectivity index (χ2v) is 6.43. The van der Waals surface area contributed by atoms with Crippen LogP contribution in [0.15, 0.2) is 58.8 Å². The summed E-state index contributed by atoms with van der Waals surface area (Å²) in [6.45, 7) is 0.453. The van der Waals surface area contributed by atoms with Gasteiger partial charge in [0.05, 0.1) is 10.6 Å². The molecule has 3 heterocycles. The number of aromatic nitrogens is 2. The van der Waals surface area contributed by atoms with Crippen molar-refractivity contribution in [3.05, 3.63) is 69.2 Å². The quantitative estimate of drug-likeness (QED) is 0.754. The van der Waals surface area contributed by atoms with E-state index in [4.69, 9.17) is 0 Å². The highest BCUT2D eigenvalue weighted by Crippen LogP contribution is 2.19. The van der Waals surface area contributed by atoms with Crippen LogP contribution < -0.4 is 5.32 Å². The summed E-state index contributed by atoms with van der Waals surface area (Å²) in [7, 11) is 0. The van der Waals surface area contributed by atoms with E-state index in [1.54, 1.807) is 18.6 Å². The Balaban J connectivity index is 1.63. The van der Waals surface area contributed by atoms with Crippen molar-refractivity contribution in [1.29, 1.82) is 0 Å². The molecular formula is C16H12BrN3OS. The molecule has 0 aliphatic rings. The maximum Gasteiger partial charge on any atom is 0.261 e. The molecule has 0 radical (unpaired) electrons. The fourth-order valence-corrected chi connectivity index (χ4v) is 3.26. The lowest BCUT2D eigenvalue weighted by molar-refractivity contribution is 0.0955. The average Bonchev–Trinajstić information content (AvgIpc) is 3.00. The molecule has 3 rings (SSSR count). The molecule has 0 fully saturated rings. The van der Waals surface area contributed by atoms with Gasteiger partial charge in [-0.3, -0.25) is 14.8 Å². The van der Waals surface area contributed by atoms with Gasteiger partial charge < -0.3 is 5.32 Å². The number of halogens is 1. The van der Waals surface area contributed by atoms with E-state index in [1.807, 2.05) is 35.7 Å². The first-order valence-electron chi connectivity index (χ1n) is 6.60. The summed E-state index contributed by atoms with van der Waals surface area (Å²) < 4.78 is 0.921. The first-order valence-corrected chi connectivity index (χ1v) is 8.27. The fraction of sp³-hybridized carbons (Fsp3) is 0.0625. The van der Waals surface area contributed by atoms with Crippen LogP contribution in [-0.4, -0.2) is 15.9 Å². The first-order chi connectivity index (χ1) is 10.7. The molecule has 3 aromatic heterocycles. The summed E-state index contributed by atoms with van der Waals surface area (Å²) in [6, 6.07) is 9.54. The first kappa shape index (κ1) is 14.9. The second kappa shape index (κ2) is 6.81. The third-order valence-electron chi connectivity index (χ3n) is 3.03. The van der Waals surface area contributed by atoms with Gasteiger partial charge in [0, 0.05) is 40.6 Å². The van der Waals surface area contributed by atoms with Crippen molar-refractivity contribution in [2.75, 3.05) is 0 Å². The Hall–Kier alpha value is -2.05. The van der Waals surface area contributed by atoms with E-state index >= 15 is 0 Å². The van der Waals surface area contributed by atoms with Crippen LogP contribution >= 0.6 is 27.3 Å². The normalized spacial score (nSPS) is 10.4. The van der Waals surface area contributed by atoms with Crippen molar-refractivity contribution in [3.63, 3.8) is 0 Å². The number of nitrogens with zero attached hydrogens (tertiary/aromatic N) is 2. The van der Waals surface area contributed by atoms with Gasteiger partial charge in [0.25, 0.3) is 5.91 Å². The second-order valence-electron chi connectivity index (χ2n) is 4.61. The van der Waals surface area contributed by atoms with Crippen molar-refractivity contribution in [2.24, 2.45) is 0 Å². The minimum Gasteiger partial charge on any atom is -0.347 e. The standard InChI is InChI=1S/C16H12BrN3OS/c17-13-6-15(22-10-13)16(21)20-8-11-3-4-14(19-7-11)12-2-1-5-18-9-12/h1-7,9-10H,8H2,(H,20,21). The molecule has 110 valence electrons. The maximum atomic E-state index is 12.0. The average molecular weight is 374 g/mol. The van der Waals surface area contributed by atoms with E-state index in [0.717, 1.165) is 21.3 Å².